The Kier molecular flexibility index (Phi) is 5.51. The van der Waals surface area contributed by atoms with Gasteiger partial charge in [-0.1, -0.05) is 109 Å². The first-order valence-corrected chi connectivity index (χ1v) is 12.0. The first-order chi connectivity index (χ1) is 17.4. The average molecular weight is 455 g/mol. The van der Waals surface area contributed by atoms with E-state index in [1.165, 1.54) is 27.6 Å². The minimum Gasteiger partial charge on any atom is -0.464 e. The van der Waals surface area contributed by atoms with Crippen LogP contribution in [-0.4, -0.2) is 9.55 Å². The highest BCUT2D eigenvalue weighted by Gasteiger charge is 2.38. The van der Waals surface area contributed by atoms with Gasteiger partial charge in [0.2, 0.25) is 0 Å². The molecule has 0 saturated heterocycles. The van der Waals surface area contributed by atoms with Crippen LogP contribution < -0.4 is 0 Å². The number of rotatable bonds is 7. The van der Waals surface area contributed by atoms with Crippen molar-refractivity contribution >= 4 is 11.0 Å². The first kappa shape index (κ1) is 21.2. The molecule has 0 amide bonds. The number of aromatic nitrogens is 2. The molecule has 0 aliphatic heterocycles. The summed E-state index contributed by atoms with van der Waals surface area (Å²) in [5.41, 5.74) is 6.27. The lowest BCUT2D eigenvalue weighted by molar-refractivity contribution is 0.514. The van der Waals surface area contributed by atoms with Gasteiger partial charge in [-0.25, -0.2) is 4.98 Å². The predicted octanol–water partition coefficient (Wildman–Crippen LogP) is 7.25. The smallest absolute Gasteiger partial charge is 0.134 e. The van der Waals surface area contributed by atoms with Crippen molar-refractivity contribution in [3.8, 4) is 0 Å². The summed E-state index contributed by atoms with van der Waals surface area (Å²) >= 11 is 0. The molecule has 0 saturated carbocycles. The fourth-order valence-corrected chi connectivity index (χ4v) is 5.15. The van der Waals surface area contributed by atoms with E-state index in [0.29, 0.717) is 0 Å². The molecule has 6 rings (SSSR count). The lowest BCUT2D eigenvalue weighted by Crippen LogP contribution is -2.36. The van der Waals surface area contributed by atoms with E-state index in [-0.39, 0.29) is 0 Å². The normalized spacial score (nSPS) is 11.7. The number of hydrogen-bond acceptors (Lipinski definition) is 2. The van der Waals surface area contributed by atoms with Crippen molar-refractivity contribution in [3.63, 3.8) is 0 Å². The van der Waals surface area contributed by atoms with Crippen LogP contribution in [0.3, 0.4) is 0 Å². The molecule has 0 spiro atoms. The molecule has 0 aliphatic rings. The fraction of sp³-hybridized carbons (Fsp3) is 0.0938. The Balaban J connectivity index is 1.45. The zero-order valence-electron chi connectivity index (χ0n) is 19.4. The van der Waals surface area contributed by atoms with E-state index in [0.717, 1.165) is 24.1 Å². The molecule has 170 valence electrons. The van der Waals surface area contributed by atoms with E-state index in [2.05, 4.69) is 114 Å². The Morgan fingerprint density at radius 3 is 1.77 bits per heavy atom. The van der Waals surface area contributed by atoms with Gasteiger partial charge in [-0.15, -0.1) is 0 Å². The molecule has 0 atom stereocenters. The van der Waals surface area contributed by atoms with Crippen LogP contribution in [0.15, 0.2) is 138 Å². The van der Waals surface area contributed by atoms with Gasteiger partial charge in [0.15, 0.2) is 0 Å². The molecule has 2 heterocycles. The topological polar surface area (TPSA) is 31.0 Å². The van der Waals surface area contributed by atoms with Crippen LogP contribution in [0.2, 0.25) is 0 Å². The van der Waals surface area contributed by atoms with Crippen molar-refractivity contribution in [2.45, 2.75) is 18.4 Å². The van der Waals surface area contributed by atoms with Crippen LogP contribution in [0.5, 0.6) is 0 Å². The zero-order valence-corrected chi connectivity index (χ0v) is 19.4. The zero-order chi connectivity index (χ0) is 23.5. The van der Waals surface area contributed by atoms with E-state index in [1.807, 2.05) is 24.7 Å². The van der Waals surface area contributed by atoms with Crippen molar-refractivity contribution in [2.24, 2.45) is 0 Å². The average Bonchev–Trinajstić information content (AvgIpc) is 3.57. The van der Waals surface area contributed by atoms with Crippen LogP contribution in [-0.2, 0) is 18.4 Å². The van der Waals surface area contributed by atoms with Crippen molar-refractivity contribution < 1.29 is 4.42 Å². The number of benzene rings is 4. The monoisotopic (exact) mass is 454 g/mol. The number of nitrogens with zero attached hydrogens (tertiary/aromatic N) is 2. The standard InChI is InChI=1S/C32H26N2O/c1-4-12-26(13-5-1)32(27-14-6-2-7-15-27,28-16-8-3-9-17-28)34-22-29(33-24-34)21-20-25-23-35-31-19-11-10-18-30(25)31/h1-19,22-24H,20-21H2. The summed E-state index contributed by atoms with van der Waals surface area (Å²) in [6, 6.07) is 40.3. The molecule has 4 aromatic carbocycles. The van der Waals surface area contributed by atoms with Gasteiger partial charge in [0.25, 0.3) is 0 Å². The number of hydrogen-bond donors (Lipinski definition) is 0. The number of fused-ring (bicyclic) bond motifs is 1. The Hall–Kier alpha value is -4.37. The highest BCUT2D eigenvalue weighted by atomic mass is 16.3. The highest BCUT2D eigenvalue weighted by molar-refractivity contribution is 5.80. The van der Waals surface area contributed by atoms with Gasteiger partial charge in [-0.05, 0) is 41.2 Å². The summed E-state index contributed by atoms with van der Waals surface area (Å²) < 4.78 is 8.02. The summed E-state index contributed by atoms with van der Waals surface area (Å²) in [5.74, 6) is 0. The second-order valence-electron chi connectivity index (χ2n) is 8.84. The second kappa shape index (κ2) is 9.11. The Morgan fingerprint density at radius 2 is 1.17 bits per heavy atom. The second-order valence-corrected chi connectivity index (χ2v) is 8.84. The predicted molar refractivity (Wildman–Crippen MR) is 140 cm³/mol. The lowest BCUT2D eigenvalue weighted by Gasteiger charge is -2.37. The van der Waals surface area contributed by atoms with Crippen LogP contribution in [0, 0.1) is 0 Å². The van der Waals surface area contributed by atoms with Crippen molar-refractivity contribution in [3.05, 3.63) is 162 Å². The molecule has 3 heteroatoms. The molecule has 2 aromatic heterocycles. The summed E-state index contributed by atoms with van der Waals surface area (Å²) in [6.07, 6.45) is 7.78. The van der Waals surface area contributed by atoms with Gasteiger partial charge < -0.3 is 8.98 Å². The van der Waals surface area contributed by atoms with E-state index in [4.69, 9.17) is 9.40 Å². The van der Waals surface area contributed by atoms with Crippen molar-refractivity contribution in [2.75, 3.05) is 0 Å². The van der Waals surface area contributed by atoms with E-state index >= 15 is 0 Å². The molecule has 0 radical (unpaired) electrons. The Labute approximate surface area is 205 Å². The molecular formula is C32H26N2O. The van der Waals surface area contributed by atoms with E-state index in [9.17, 15) is 0 Å². The molecular weight excluding hydrogens is 428 g/mol. The fourth-order valence-electron chi connectivity index (χ4n) is 5.15. The molecule has 6 aromatic rings. The van der Waals surface area contributed by atoms with Crippen LogP contribution in [0.4, 0.5) is 0 Å². The molecule has 0 aliphatic carbocycles. The number of furan rings is 1. The van der Waals surface area contributed by atoms with Gasteiger partial charge in [0.1, 0.15) is 11.1 Å². The number of imidazole rings is 1. The molecule has 35 heavy (non-hydrogen) atoms. The van der Waals surface area contributed by atoms with Crippen molar-refractivity contribution in [1.29, 1.82) is 0 Å². The third-order valence-corrected chi connectivity index (χ3v) is 6.81. The number of para-hydroxylation sites is 1. The molecule has 0 N–H and O–H groups in total. The molecule has 3 nitrogen and oxygen atoms in total. The van der Waals surface area contributed by atoms with Gasteiger partial charge in [-0.3, -0.25) is 0 Å². The van der Waals surface area contributed by atoms with Gasteiger partial charge in [-0.2, -0.15) is 0 Å². The SMILES string of the molecule is c1ccc(C(c2ccccc2)(c2ccccc2)n2cnc(CCc3coc4ccccc34)c2)cc1. The molecule has 0 bridgehead atoms. The minimum absolute atomic E-state index is 0.530. The Morgan fingerprint density at radius 1 is 0.629 bits per heavy atom. The van der Waals surface area contributed by atoms with Gasteiger partial charge in [0.05, 0.1) is 18.3 Å². The van der Waals surface area contributed by atoms with Crippen LogP contribution >= 0.6 is 0 Å². The van der Waals surface area contributed by atoms with Crippen molar-refractivity contribution in [1.82, 2.24) is 9.55 Å². The quantitative estimate of drug-likeness (QED) is 0.238. The Bertz CT molecular complexity index is 1440. The third-order valence-electron chi connectivity index (χ3n) is 6.81. The van der Waals surface area contributed by atoms with E-state index in [1.54, 1.807) is 0 Å². The first-order valence-electron chi connectivity index (χ1n) is 12.0. The largest absolute Gasteiger partial charge is 0.464 e. The lowest BCUT2D eigenvalue weighted by atomic mass is 9.77. The van der Waals surface area contributed by atoms with E-state index < -0.39 is 5.54 Å². The minimum atomic E-state index is -0.530. The third kappa shape index (κ3) is 3.75. The summed E-state index contributed by atoms with van der Waals surface area (Å²) in [7, 11) is 0. The maximum Gasteiger partial charge on any atom is 0.134 e. The number of aryl methyl sites for hydroxylation is 2. The highest BCUT2D eigenvalue weighted by Crippen LogP contribution is 2.40. The van der Waals surface area contributed by atoms with Gasteiger partial charge >= 0.3 is 0 Å². The van der Waals surface area contributed by atoms with Gasteiger partial charge in [0, 0.05) is 11.6 Å². The van der Waals surface area contributed by atoms with Crippen LogP contribution in [0.1, 0.15) is 27.9 Å². The summed E-state index contributed by atoms with van der Waals surface area (Å²) in [6.45, 7) is 0. The maximum absolute atomic E-state index is 5.74. The molecule has 0 unspecified atom stereocenters. The summed E-state index contributed by atoms with van der Waals surface area (Å²) in [5, 5.41) is 1.18. The van der Waals surface area contributed by atoms with Crippen LogP contribution in [0.25, 0.3) is 11.0 Å². The maximum atomic E-state index is 5.74. The summed E-state index contributed by atoms with van der Waals surface area (Å²) in [4.78, 5) is 4.87. The molecule has 0 fully saturated rings.